The Balaban J connectivity index is 2.83. The summed E-state index contributed by atoms with van der Waals surface area (Å²) in [5.74, 6) is 0. The molecule has 0 saturated carbocycles. The third kappa shape index (κ3) is 1.36. The van der Waals surface area contributed by atoms with Crippen LogP contribution >= 0.6 is 27.5 Å². The van der Waals surface area contributed by atoms with Crippen LogP contribution in [0.2, 0.25) is 5.15 Å². The van der Waals surface area contributed by atoms with Crippen molar-refractivity contribution in [2.24, 2.45) is 0 Å². The van der Waals surface area contributed by atoms with E-state index in [1.165, 1.54) is 0 Å². The summed E-state index contributed by atoms with van der Waals surface area (Å²) in [6.45, 7) is 0. The summed E-state index contributed by atoms with van der Waals surface area (Å²) >= 11 is 9.17. The minimum Gasteiger partial charge on any atom is -0.296 e. The summed E-state index contributed by atoms with van der Waals surface area (Å²) < 4.78 is 2.55. The highest BCUT2D eigenvalue weighted by atomic mass is 79.9. The van der Waals surface area contributed by atoms with E-state index in [1.807, 2.05) is 6.07 Å². The van der Waals surface area contributed by atoms with Gasteiger partial charge in [-0.15, -0.1) is 0 Å². The molecule has 13 heavy (non-hydrogen) atoms. The van der Waals surface area contributed by atoms with Crippen LogP contribution < -0.4 is 0 Å². The summed E-state index contributed by atoms with van der Waals surface area (Å²) in [5, 5.41) is 0.345. The lowest BCUT2D eigenvalue weighted by Gasteiger charge is -1.93. The predicted octanol–water partition coefficient (Wildman–Crippen LogP) is 2.56. The molecule has 2 heterocycles. The van der Waals surface area contributed by atoms with E-state index in [9.17, 15) is 4.79 Å². The minimum absolute atomic E-state index is 0.264. The Morgan fingerprint density at radius 3 is 3.08 bits per heavy atom. The van der Waals surface area contributed by atoms with Gasteiger partial charge in [0.2, 0.25) is 0 Å². The molecule has 0 atom stereocenters. The first-order valence-corrected chi connectivity index (χ1v) is 4.68. The molecule has 0 aliphatic heterocycles. The van der Waals surface area contributed by atoms with E-state index < -0.39 is 0 Å². The molecule has 0 bridgehead atoms. The molecule has 0 radical (unpaired) electrons. The van der Waals surface area contributed by atoms with Crippen molar-refractivity contribution in [3.8, 4) is 0 Å². The molecule has 2 aromatic heterocycles. The first kappa shape index (κ1) is 8.72. The molecule has 66 valence electrons. The molecule has 0 fully saturated rings. The van der Waals surface area contributed by atoms with Gasteiger partial charge in [0.15, 0.2) is 6.29 Å². The Morgan fingerprint density at radius 2 is 2.38 bits per heavy atom. The fourth-order valence-corrected chi connectivity index (χ4v) is 1.64. The highest BCUT2D eigenvalue weighted by Gasteiger charge is 2.08. The zero-order valence-corrected chi connectivity index (χ0v) is 8.71. The van der Waals surface area contributed by atoms with Crippen molar-refractivity contribution in [2.45, 2.75) is 0 Å². The average Bonchev–Trinajstić information content (AvgIpc) is 2.42. The van der Waals surface area contributed by atoms with Crippen molar-refractivity contribution in [2.75, 3.05) is 0 Å². The lowest BCUT2D eigenvalue weighted by Crippen LogP contribution is -1.82. The van der Waals surface area contributed by atoms with Gasteiger partial charge in [0.25, 0.3) is 0 Å². The monoisotopic (exact) mass is 258 g/mol. The fraction of sp³-hybridized carbons (Fsp3) is 0. The van der Waals surface area contributed by atoms with E-state index in [0.717, 1.165) is 4.47 Å². The van der Waals surface area contributed by atoms with Crippen molar-refractivity contribution in [1.82, 2.24) is 9.38 Å². The van der Waals surface area contributed by atoms with Crippen LogP contribution in [0.3, 0.4) is 0 Å². The van der Waals surface area contributed by atoms with Gasteiger partial charge in [0.05, 0.1) is 0 Å². The molecule has 5 heteroatoms. The smallest absolute Gasteiger partial charge is 0.171 e. The third-order valence-corrected chi connectivity index (χ3v) is 2.54. The number of aldehydes is 1. The predicted molar refractivity (Wildman–Crippen MR) is 53.3 cm³/mol. The highest BCUT2D eigenvalue weighted by Crippen LogP contribution is 2.19. The minimum atomic E-state index is 0.264. The van der Waals surface area contributed by atoms with Gasteiger partial charge in [0.1, 0.15) is 16.5 Å². The van der Waals surface area contributed by atoms with Gasteiger partial charge in [0, 0.05) is 10.7 Å². The quantitative estimate of drug-likeness (QED) is 0.738. The fourth-order valence-electron chi connectivity index (χ4n) is 1.08. The SMILES string of the molecule is O=Cc1nc2cc(Br)ccn2c1Cl. The second-order valence-corrected chi connectivity index (χ2v) is 3.75. The van der Waals surface area contributed by atoms with Crippen molar-refractivity contribution in [1.29, 1.82) is 0 Å². The molecule has 0 N–H and O–H groups in total. The van der Waals surface area contributed by atoms with Crippen LogP contribution in [-0.4, -0.2) is 15.7 Å². The summed E-state index contributed by atoms with van der Waals surface area (Å²) in [7, 11) is 0. The van der Waals surface area contributed by atoms with Gasteiger partial charge in [-0.05, 0) is 12.1 Å². The molecule has 0 aliphatic rings. The molecule has 0 amide bonds. The Labute approximate surface area is 87.5 Å². The largest absolute Gasteiger partial charge is 0.296 e. The van der Waals surface area contributed by atoms with Crippen molar-refractivity contribution in [3.05, 3.63) is 33.6 Å². The topological polar surface area (TPSA) is 34.4 Å². The van der Waals surface area contributed by atoms with Crippen molar-refractivity contribution < 1.29 is 4.79 Å². The normalized spacial score (nSPS) is 10.6. The average molecular weight is 259 g/mol. The molecule has 0 saturated heterocycles. The van der Waals surface area contributed by atoms with Crippen LogP contribution in [0.15, 0.2) is 22.8 Å². The van der Waals surface area contributed by atoms with Gasteiger partial charge in [-0.3, -0.25) is 9.20 Å². The summed E-state index contributed by atoms with van der Waals surface area (Å²) in [5.41, 5.74) is 0.918. The molecule has 2 rings (SSSR count). The number of aromatic nitrogens is 2. The van der Waals surface area contributed by atoms with Crippen LogP contribution in [0, 0.1) is 0 Å². The lowest BCUT2D eigenvalue weighted by atomic mass is 10.5. The number of carbonyl (C=O) groups is 1. The number of imidazole rings is 1. The second kappa shape index (κ2) is 3.12. The van der Waals surface area contributed by atoms with Crippen LogP contribution in [0.1, 0.15) is 10.5 Å². The van der Waals surface area contributed by atoms with Gasteiger partial charge in [-0.2, -0.15) is 0 Å². The highest BCUT2D eigenvalue weighted by molar-refractivity contribution is 9.10. The first-order valence-electron chi connectivity index (χ1n) is 3.50. The van der Waals surface area contributed by atoms with Gasteiger partial charge < -0.3 is 0 Å². The first-order chi connectivity index (χ1) is 6.22. The molecular formula is C8H4BrClN2O. The Bertz CT molecular complexity index is 480. The van der Waals surface area contributed by atoms with Gasteiger partial charge in [-0.1, -0.05) is 27.5 Å². The molecule has 0 unspecified atom stereocenters. The van der Waals surface area contributed by atoms with E-state index in [2.05, 4.69) is 20.9 Å². The Kier molecular flexibility index (Phi) is 2.09. The van der Waals surface area contributed by atoms with E-state index >= 15 is 0 Å². The zero-order chi connectivity index (χ0) is 9.42. The summed E-state index contributed by atoms with van der Waals surface area (Å²) in [4.78, 5) is 14.5. The number of nitrogens with zero attached hydrogens (tertiary/aromatic N) is 2. The number of hydrogen-bond donors (Lipinski definition) is 0. The maximum absolute atomic E-state index is 10.5. The Hall–Kier alpha value is -0.870. The number of halogens is 2. The van der Waals surface area contributed by atoms with Gasteiger partial charge in [-0.25, -0.2) is 4.98 Å². The van der Waals surface area contributed by atoms with Gasteiger partial charge >= 0.3 is 0 Å². The summed E-state index contributed by atoms with van der Waals surface area (Å²) in [6.07, 6.45) is 2.39. The number of hydrogen-bond acceptors (Lipinski definition) is 2. The number of carbonyl (C=O) groups excluding carboxylic acids is 1. The zero-order valence-electron chi connectivity index (χ0n) is 6.37. The van der Waals surface area contributed by atoms with E-state index in [1.54, 1.807) is 16.7 Å². The van der Waals surface area contributed by atoms with E-state index in [0.29, 0.717) is 17.1 Å². The number of pyridine rings is 1. The molecule has 2 aromatic rings. The number of rotatable bonds is 1. The maximum Gasteiger partial charge on any atom is 0.171 e. The van der Waals surface area contributed by atoms with Crippen LogP contribution in [-0.2, 0) is 0 Å². The van der Waals surface area contributed by atoms with E-state index in [4.69, 9.17) is 11.6 Å². The second-order valence-electron chi connectivity index (χ2n) is 2.48. The van der Waals surface area contributed by atoms with Crippen molar-refractivity contribution in [3.63, 3.8) is 0 Å². The Morgan fingerprint density at radius 1 is 1.62 bits per heavy atom. The van der Waals surface area contributed by atoms with Crippen LogP contribution in [0.25, 0.3) is 5.65 Å². The van der Waals surface area contributed by atoms with Crippen molar-refractivity contribution >= 4 is 39.5 Å². The number of fused-ring (bicyclic) bond motifs is 1. The molecule has 3 nitrogen and oxygen atoms in total. The third-order valence-electron chi connectivity index (χ3n) is 1.67. The lowest BCUT2D eigenvalue weighted by molar-refractivity contribution is 0.111. The molecule has 0 aliphatic carbocycles. The van der Waals surface area contributed by atoms with E-state index in [-0.39, 0.29) is 5.69 Å². The van der Waals surface area contributed by atoms with Crippen LogP contribution in [0.4, 0.5) is 0 Å². The van der Waals surface area contributed by atoms with Crippen LogP contribution in [0.5, 0.6) is 0 Å². The maximum atomic E-state index is 10.5. The molecule has 0 spiro atoms. The standard InChI is InChI=1S/C8H4BrClN2O/c9-5-1-2-12-7(3-5)11-6(4-13)8(12)10/h1-4H. The molecule has 0 aromatic carbocycles. The molecular weight excluding hydrogens is 255 g/mol. The summed E-state index contributed by atoms with van der Waals surface area (Å²) in [6, 6.07) is 3.62.